The molecule has 7 heteroatoms. The summed E-state index contributed by atoms with van der Waals surface area (Å²) >= 11 is 0. The molecule has 0 unspecified atom stereocenters. The van der Waals surface area contributed by atoms with Gasteiger partial charge in [0, 0.05) is 18.2 Å². The third-order valence-electron chi connectivity index (χ3n) is 3.99. The second-order valence-electron chi connectivity index (χ2n) is 6.25. The van der Waals surface area contributed by atoms with E-state index in [-0.39, 0.29) is 17.3 Å². The molecule has 0 bridgehead atoms. The van der Waals surface area contributed by atoms with E-state index in [0.717, 1.165) is 18.9 Å². The van der Waals surface area contributed by atoms with Crippen LogP contribution in [0.15, 0.2) is 60.7 Å². The van der Waals surface area contributed by atoms with Crippen LogP contribution in [-0.4, -0.2) is 29.4 Å². The number of nitrogens with zero attached hydrogens (tertiary/aromatic N) is 1. The van der Waals surface area contributed by atoms with Crippen LogP contribution in [0.1, 0.15) is 24.5 Å². The van der Waals surface area contributed by atoms with Crippen molar-refractivity contribution in [1.29, 1.82) is 0 Å². The Morgan fingerprint density at radius 3 is 2.54 bits per heavy atom. The molecule has 0 fully saturated rings. The first kappa shape index (κ1) is 20.8. The van der Waals surface area contributed by atoms with Gasteiger partial charge in [-0.3, -0.25) is 14.9 Å². The molecule has 0 aliphatic carbocycles. The van der Waals surface area contributed by atoms with E-state index in [4.69, 9.17) is 4.74 Å². The Morgan fingerprint density at radius 1 is 1.14 bits per heavy atom. The van der Waals surface area contributed by atoms with Gasteiger partial charge in [-0.2, -0.15) is 0 Å². The summed E-state index contributed by atoms with van der Waals surface area (Å²) in [6.07, 6.45) is 3.96. The van der Waals surface area contributed by atoms with E-state index in [1.165, 1.54) is 29.8 Å². The number of para-hydroxylation sites is 1. The van der Waals surface area contributed by atoms with Gasteiger partial charge >= 0.3 is 5.97 Å². The second kappa shape index (κ2) is 10.6. The molecule has 2 aromatic carbocycles. The number of carbonyl (C=O) groups excluding carboxylic acids is 2. The predicted octanol–water partition coefficient (Wildman–Crippen LogP) is 3.29. The molecule has 0 aliphatic rings. The average molecular weight is 382 g/mol. The Labute approximate surface area is 163 Å². The van der Waals surface area contributed by atoms with Gasteiger partial charge in [0.15, 0.2) is 6.61 Å². The lowest BCUT2D eigenvalue weighted by Crippen LogP contribution is -2.36. The highest BCUT2D eigenvalue weighted by molar-refractivity contribution is 5.89. The highest BCUT2D eigenvalue weighted by Crippen LogP contribution is 2.18. The van der Waals surface area contributed by atoms with Crippen molar-refractivity contribution in [2.45, 2.75) is 25.8 Å². The zero-order valence-electron chi connectivity index (χ0n) is 15.5. The molecular weight excluding hydrogens is 360 g/mol. The summed E-state index contributed by atoms with van der Waals surface area (Å²) in [6.45, 7) is 1.48. The van der Waals surface area contributed by atoms with Gasteiger partial charge in [-0.25, -0.2) is 4.79 Å². The number of carbonyl (C=O) groups is 2. The maximum atomic E-state index is 11.9. The van der Waals surface area contributed by atoms with Crippen molar-refractivity contribution in [3.63, 3.8) is 0 Å². The van der Waals surface area contributed by atoms with E-state index in [0.29, 0.717) is 0 Å². The molecule has 0 heterocycles. The Balaban J connectivity index is 1.74. The summed E-state index contributed by atoms with van der Waals surface area (Å²) in [5, 5.41) is 13.7. The van der Waals surface area contributed by atoms with E-state index >= 15 is 0 Å². The van der Waals surface area contributed by atoms with Crippen molar-refractivity contribution in [3.05, 3.63) is 81.9 Å². The molecule has 1 amide bonds. The number of nitro benzene ring substituents is 1. The van der Waals surface area contributed by atoms with Crippen LogP contribution < -0.4 is 5.32 Å². The number of ether oxygens (including phenoxy) is 1. The van der Waals surface area contributed by atoms with E-state index < -0.39 is 23.4 Å². The van der Waals surface area contributed by atoms with Gasteiger partial charge in [-0.05, 0) is 37.5 Å². The van der Waals surface area contributed by atoms with Crippen molar-refractivity contribution < 1.29 is 19.2 Å². The zero-order chi connectivity index (χ0) is 20.4. The van der Waals surface area contributed by atoms with Crippen molar-refractivity contribution in [2.24, 2.45) is 0 Å². The molecule has 2 aromatic rings. The van der Waals surface area contributed by atoms with E-state index in [1.54, 1.807) is 6.07 Å². The van der Waals surface area contributed by atoms with Gasteiger partial charge in [-0.15, -0.1) is 0 Å². The van der Waals surface area contributed by atoms with Gasteiger partial charge in [0.05, 0.1) is 10.5 Å². The Hall–Kier alpha value is -3.48. The van der Waals surface area contributed by atoms with Gasteiger partial charge in [-0.1, -0.05) is 42.5 Å². The molecule has 0 radical (unpaired) electrons. The third-order valence-corrected chi connectivity index (χ3v) is 3.99. The normalized spacial score (nSPS) is 11.8. The first-order chi connectivity index (χ1) is 13.5. The lowest BCUT2D eigenvalue weighted by atomic mass is 10.1. The average Bonchev–Trinajstić information content (AvgIpc) is 2.70. The van der Waals surface area contributed by atoms with Crippen LogP contribution in [-0.2, 0) is 20.7 Å². The standard InChI is InChI=1S/C21H22N2O5/c1-16(11-12-17-7-3-2-4-8-17)22-20(24)15-28-21(25)14-13-18-9-5-6-10-19(18)23(26)27/h2-10,13-14,16H,11-12,15H2,1H3,(H,22,24)/b14-13+/t16-/m1/s1. The SMILES string of the molecule is C[C@H](CCc1ccccc1)NC(=O)COC(=O)/C=C/c1ccccc1[N+](=O)[O-]. The summed E-state index contributed by atoms with van der Waals surface area (Å²) in [5.41, 5.74) is 1.36. The smallest absolute Gasteiger partial charge is 0.331 e. The van der Waals surface area contributed by atoms with Gasteiger partial charge in [0.25, 0.3) is 11.6 Å². The number of esters is 1. The maximum absolute atomic E-state index is 11.9. The first-order valence-corrected chi connectivity index (χ1v) is 8.87. The summed E-state index contributed by atoms with van der Waals surface area (Å²) in [7, 11) is 0. The number of benzene rings is 2. The number of nitro groups is 1. The van der Waals surface area contributed by atoms with E-state index in [1.807, 2.05) is 37.3 Å². The summed E-state index contributed by atoms with van der Waals surface area (Å²) in [4.78, 5) is 34.0. The third kappa shape index (κ3) is 7.03. The number of amides is 1. The molecule has 28 heavy (non-hydrogen) atoms. The highest BCUT2D eigenvalue weighted by Gasteiger charge is 2.12. The zero-order valence-corrected chi connectivity index (χ0v) is 15.5. The largest absolute Gasteiger partial charge is 0.452 e. The molecule has 0 spiro atoms. The molecular formula is C21H22N2O5. The molecule has 0 saturated heterocycles. The van der Waals surface area contributed by atoms with Gasteiger partial charge in [0.2, 0.25) is 0 Å². The molecule has 7 nitrogen and oxygen atoms in total. The Kier molecular flexibility index (Phi) is 7.90. The first-order valence-electron chi connectivity index (χ1n) is 8.87. The minimum atomic E-state index is -0.745. The van der Waals surface area contributed by atoms with E-state index in [2.05, 4.69) is 5.32 Å². The number of rotatable bonds is 9. The van der Waals surface area contributed by atoms with Crippen LogP contribution in [0.4, 0.5) is 5.69 Å². The van der Waals surface area contributed by atoms with Crippen molar-refractivity contribution in [3.8, 4) is 0 Å². The Bertz CT molecular complexity index is 849. The summed E-state index contributed by atoms with van der Waals surface area (Å²) < 4.78 is 4.88. The molecule has 0 aromatic heterocycles. The monoisotopic (exact) mass is 382 g/mol. The topological polar surface area (TPSA) is 98.5 Å². The summed E-state index contributed by atoms with van der Waals surface area (Å²) in [6, 6.07) is 15.9. The second-order valence-corrected chi connectivity index (χ2v) is 6.25. The van der Waals surface area contributed by atoms with Crippen LogP contribution in [0.5, 0.6) is 0 Å². The van der Waals surface area contributed by atoms with Crippen LogP contribution in [0.2, 0.25) is 0 Å². The fourth-order valence-electron chi connectivity index (χ4n) is 2.55. The highest BCUT2D eigenvalue weighted by atomic mass is 16.6. The number of hydrogen-bond acceptors (Lipinski definition) is 5. The molecule has 1 atom stereocenters. The molecule has 0 aliphatic heterocycles. The minimum Gasteiger partial charge on any atom is -0.452 e. The fraction of sp³-hybridized carbons (Fsp3) is 0.238. The summed E-state index contributed by atoms with van der Waals surface area (Å²) in [5.74, 6) is -1.14. The van der Waals surface area contributed by atoms with Crippen molar-refractivity contribution in [1.82, 2.24) is 5.32 Å². The van der Waals surface area contributed by atoms with Crippen LogP contribution in [0, 0.1) is 10.1 Å². The molecule has 0 saturated carbocycles. The fourth-order valence-corrected chi connectivity index (χ4v) is 2.55. The minimum absolute atomic E-state index is 0.0612. The lowest BCUT2D eigenvalue weighted by molar-refractivity contribution is -0.385. The quantitative estimate of drug-likeness (QED) is 0.311. The number of aryl methyl sites for hydroxylation is 1. The van der Waals surface area contributed by atoms with E-state index in [9.17, 15) is 19.7 Å². The number of hydrogen-bond donors (Lipinski definition) is 1. The van der Waals surface area contributed by atoms with Crippen LogP contribution >= 0.6 is 0 Å². The molecule has 2 rings (SSSR count). The maximum Gasteiger partial charge on any atom is 0.331 e. The molecule has 146 valence electrons. The lowest BCUT2D eigenvalue weighted by Gasteiger charge is -2.13. The van der Waals surface area contributed by atoms with Crippen LogP contribution in [0.3, 0.4) is 0 Å². The van der Waals surface area contributed by atoms with Gasteiger partial charge in [0.1, 0.15) is 0 Å². The molecule has 1 N–H and O–H groups in total. The van der Waals surface area contributed by atoms with Crippen molar-refractivity contribution in [2.75, 3.05) is 6.61 Å². The number of nitrogens with one attached hydrogen (secondary N) is 1. The van der Waals surface area contributed by atoms with Crippen LogP contribution in [0.25, 0.3) is 6.08 Å². The predicted molar refractivity (Wildman–Crippen MR) is 105 cm³/mol. The van der Waals surface area contributed by atoms with Crippen molar-refractivity contribution >= 4 is 23.6 Å². The van der Waals surface area contributed by atoms with Gasteiger partial charge < -0.3 is 10.1 Å². The Morgan fingerprint density at radius 2 is 1.82 bits per heavy atom.